The average Bonchev–Trinajstić information content (AvgIpc) is 3.36. The Morgan fingerprint density at radius 2 is 0.833 bits per heavy atom. The molecule has 0 aliphatic heterocycles. The highest BCUT2D eigenvalue weighted by atomic mass is 16.1. The molecule has 42 heavy (non-hydrogen) atoms. The van der Waals surface area contributed by atoms with Gasteiger partial charge < -0.3 is 0 Å². The molecule has 0 unspecified atom stereocenters. The Balaban J connectivity index is 1.59. The Hall–Kier alpha value is -5.63. The van der Waals surface area contributed by atoms with E-state index in [4.69, 9.17) is 0 Å². The molecule has 0 N–H and O–H groups in total. The third-order valence-electron chi connectivity index (χ3n) is 7.26. The van der Waals surface area contributed by atoms with Crippen LogP contribution in [0.2, 0.25) is 0 Å². The highest BCUT2D eigenvalue weighted by Gasteiger charge is 2.33. The number of Topliss-reactive ketones (excluding diaryl/α,β-unsaturated/α-hetero) is 1. The van der Waals surface area contributed by atoms with E-state index in [1.807, 2.05) is 127 Å². The van der Waals surface area contributed by atoms with Crippen molar-refractivity contribution in [1.82, 2.24) is 0 Å². The van der Waals surface area contributed by atoms with Gasteiger partial charge in [-0.1, -0.05) is 128 Å². The predicted molar refractivity (Wildman–Crippen MR) is 173 cm³/mol. The van der Waals surface area contributed by atoms with Gasteiger partial charge in [0, 0.05) is 33.4 Å². The molecule has 1 aliphatic rings. The van der Waals surface area contributed by atoms with Gasteiger partial charge in [0.2, 0.25) is 0 Å². The minimum absolute atomic E-state index is 0.0527. The van der Waals surface area contributed by atoms with Crippen molar-refractivity contribution in [2.24, 2.45) is 0 Å². The summed E-state index contributed by atoms with van der Waals surface area (Å²) in [6, 6.07) is 46.1. The van der Waals surface area contributed by atoms with Gasteiger partial charge in [-0.3, -0.25) is 4.79 Å². The molecule has 0 heterocycles. The SMILES string of the molecule is CCC1=C(c2ccccc2)C(=O)C(c2ccccc2)=C1c1cc(C#Cc2ccccc2)cc(C#Cc2ccccc2)c1. The summed E-state index contributed by atoms with van der Waals surface area (Å²) in [5.74, 6) is 13.4. The summed E-state index contributed by atoms with van der Waals surface area (Å²) < 4.78 is 0. The van der Waals surface area contributed by atoms with Crippen LogP contribution in [-0.2, 0) is 4.79 Å². The molecule has 5 aromatic carbocycles. The second kappa shape index (κ2) is 12.3. The molecule has 0 aromatic heterocycles. The second-order valence-electron chi connectivity index (χ2n) is 10.0. The number of rotatable bonds is 4. The first kappa shape index (κ1) is 26.6. The molecule has 0 spiro atoms. The molecule has 1 heteroatoms. The molecule has 0 bridgehead atoms. The van der Waals surface area contributed by atoms with Crippen molar-refractivity contribution in [3.63, 3.8) is 0 Å². The number of hydrogen-bond acceptors (Lipinski definition) is 1. The lowest BCUT2D eigenvalue weighted by Gasteiger charge is -2.13. The van der Waals surface area contributed by atoms with E-state index < -0.39 is 0 Å². The van der Waals surface area contributed by atoms with Crippen LogP contribution in [0.25, 0.3) is 16.7 Å². The maximum absolute atomic E-state index is 14.3. The number of carbonyl (C=O) groups excluding carboxylic acids is 1. The van der Waals surface area contributed by atoms with Gasteiger partial charge in [-0.15, -0.1) is 0 Å². The van der Waals surface area contributed by atoms with Crippen LogP contribution >= 0.6 is 0 Å². The fraction of sp³-hybridized carbons (Fsp3) is 0.0488. The molecule has 0 amide bonds. The summed E-state index contributed by atoms with van der Waals surface area (Å²) in [5.41, 5.74) is 9.88. The third kappa shape index (κ3) is 5.64. The molecule has 1 aliphatic carbocycles. The lowest BCUT2D eigenvalue weighted by molar-refractivity contribution is -0.108. The molecule has 198 valence electrons. The van der Waals surface area contributed by atoms with Crippen molar-refractivity contribution in [3.8, 4) is 23.7 Å². The lowest BCUT2D eigenvalue weighted by Crippen LogP contribution is -2.01. The van der Waals surface area contributed by atoms with Crippen LogP contribution in [0, 0.1) is 23.7 Å². The molecule has 0 saturated heterocycles. The van der Waals surface area contributed by atoms with Gasteiger partial charge in [-0.25, -0.2) is 0 Å². The van der Waals surface area contributed by atoms with Crippen LogP contribution in [0.5, 0.6) is 0 Å². The molecule has 0 atom stereocenters. The molecule has 0 radical (unpaired) electrons. The first-order chi connectivity index (χ1) is 20.7. The van der Waals surface area contributed by atoms with Gasteiger partial charge in [0.15, 0.2) is 5.78 Å². The lowest BCUT2D eigenvalue weighted by atomic mass is 9.90. The van der Waals surface area contributed by atoms with E-state index in [1.165, 1.54) is 0 Å². The fourth-order valence-electron chi connectivity index (χ4n) is 5.36. The number of ketones is 1. The van der Waals surface area contributed by atoms with Gasteiger partial charge in [0.05, 0.1) is 0 Å². The molecule has 6 rings (SSSR count). The minimum Gasteiger partial charge on any atom is -0.289 e. The molecular weight excluding hydrogens is 508 g/mol. The molecule has 5 aromatic rings. The quantitative estimate of drug-likeness (QED) is 0.210. The van der Waals surface area contributed by atoms with Crippen LogP contribution < -0.4 is 0 Å². The number of benzene rings is 5. The van der Waals surface area contributed by atoms with Crippen molar-refractivity contribution < 1.29 is 4.79 Å². The zero-order chi connectivity index (χ0) is 28.7. The molecule has 0 saturated carbocycles. The van der Waals surface area contributed by atoms with Crippen molar-refractivity contribution in [1.29, 1.82) is 0 Å². The average molecular weight is 537 g/mol. The standard InChI is InChI=1S/C41H28O/c1-2-37-38(40(35-21-13-6-14-22-35)41(42)39(37)34-19-11-5-12-20-34)36-28-32(25-23-30-15-7-3-8-16-30)27-33(29-36)26-24-31-17-9-4-10-18-31/h3-22,27-29H,2H2,1H3. The maximum Gasteiger partial charge on any atom is 0.195 e. The topological polar surface area (TPSA) is 17.1 Å². The predicted octanol–water partition coefficient (Wildman–Crippen LogP) is 8.84. The Morgan fingerprint density at radius 3 is 1.29 bits per heavy atom. The van der Waals surface area contributed by atoms with Crippen LogP contribution in [0.1, 0.15) is 52.3 Å². The van der Waals surface area contributed by atoms with Crippen LogP contribution in [0.4, 0.5) is 0 Å². The summed E-state index contributed by atoms with van der Waals surface area (Å²) in [4.78, 5) is 14.3. The Morgan fingerprint density at radius 1 is 0.429 bits per heavy atom. The van der Waals surface area contributed by atoms with E-state index in [1.54, 1.807) is 0 Å². The first-order valence-corrected chi connectivity index (χ1v) is 14.1. The number of carbonyl (C=O) groups is 1. The maximum atomic E-state index is 14.3. The van der Waals surface area contributed by atoms with E-state index in [2.05, 4.69) is 42.7 Å². The largest absolute Gasteiger partial charge is 0.289 e. The van der Waals surface area contributed by atoms with E-state index in [-0.39, 0.29) is 5.78 Å². The first-order valence-electron chi connectivity index (χ1n) is 14.1. The van der Waals surface area contributed by atoms with Crippen LogP contribution in [0.15, 0.2) is 145 Å². The van der Waals surface area contributed by atoms with E-state index in [9.17, 15) is 4.79 Å². The summed E-state index contributed by atoms with van der Waals surface area (Å²) >= 11 is 0. The Kier molecular flexibility index (Phi) is 7.76. The smallest absolute Gasteiger partial charge is 0.195 e. The highest BCUT2D eigenvalue weighted by molar-refractivity contribution is 6.52. The minimum atomic E-state index is 0.0527. The van der Waals surface area contributed by atoms with Gasteiger partial charge in [-0.05, 0) is 76.7 Å². The monoisotopic (exact) mass is 536 g/mol. The summed E-state index contributed by atoms with van der Waals surface area (Å²) in [5, 5.41) is 0. The molecular formula is C41H28O. The van der Waals surface area contributed by atoms with Gasteiger partial charge in [0.25, 0.3) is 0 Å². The summed E-state index contributed by atoms with van der Waals surface area (Å²) in [6.07, 6.45) is 0.715. The van der Waals surface area contributed by atoms with E-state index in [0.29, 0.717) is 6.42 Å². The van der Waals surface area contributed by atoms with Crippen LogP contribution in [0.3, 0.4) is 0 Å². The second-order valence-corrected chi connectivity index (χ2v) is 10.0. The fourth-order valence-corrected chi connectivity index (χ4v) is 5.36. The normalized spacial score (nSPS) is 12.5. The summed E-state index contributed by atoms with van der Waals surface area (Å²) in [7, 11) is 0. The zero-order valence-corrected chi connectivity index (χ0v) is 23.4. The van der Waals surface area contributed by atoms with E-state index >= 15 is 0 Å². The molecule has 0 fully saturated rings. The molecule has 1 nitrogen and oxygen atoms in total. The zero-order valence-electron chi connectivity index (χ0n) is 23.4. The number of hydrogen-bond donors (Lipinski definition) is 0. The third-order valence-corrected chi connectivity index (χ3v) is 7.26. The van der Waals surface area contributed by atoms with Crippen molar-refractivity contribution in [3.05, 3.63) is 184 Å². The van der Waals surface area contributed by atoms with Gasteiger partial charge >= 0.3 is 0 Å². The van der Waals surface area contributed by atoms with Crippen LogP contribution in [-0.4, -0.2) is 5.78 Å². The Labute approximate surface area is 247 Å². The van der Waals surface area contributed by atoms with E-state index in [0.717, 1.165) is 61.2 Å². The summed E-state index contributed by atoms with van der Waals surface area (Å²) in [6.45, 7) is 2.12. The number of allylic oxidation sites excluding steroid dienone is 4. The van der Waals surface area contributed by atoms with Crippen molar-refractivity contribution >= 4 is 22.5 Å². The van der Waals surface area contributed by atoms with Crippen molar-refractivity contribution in [2.75, 3.05) is 0 Å². The van der Waals surface area contributed by atoms with Crippen molar-refractivity contribution in [2.45, 2.75) is 13.3 Å². The van der Waals surface area contributed by atoms with Gasteiger partial charge in [-0.2, -0.15) is 0 Å². The Bertz CT molecular complexity index is 1860. The highest BCUT2D eigenvalue weighted by Crippen LogP contribution is 2.46. The van der Waals surface area contributed by atoms with Gasteiger partial charge in [0.1, 0.15) is 0 Å².